The molecular weight excluding hydrogens is 304 g/mol. The summed E-state index contributed by atoms with van der Waals surface area (Å²) in [5, 5.41) is 0.827. The first-order valence-electron chi connectivity index (χ1n) is 8.57. The van der Waals surface area contributed by atoms with E-state index < -0.39 is 0 Å². The molecule has 0 N–H and O–H groups in total. The van der Waals surface area contributed by atoms with Crippen molar-refractivity contribution in [3.05, 3.63) is 65.2 Å². The summed E-state index contributed by atoms with van der Waals surface area (Å²) < 4.78 is 0. The summed E-state index contributed by atoms with van der Waals surface area (Å²) in [6, 6.07) is 19.2. The summed E-state index contributed by atoms with van der Waals surface area (Å²) in [5.41, 5.74) is 2.78. The lowest BCUT2D eigenvalue weighted by molar-refractivity contribution is 0.246. The molecule has 4 rings (SSSR count). The fourth-order valence-corrected chi connectivity index (χ4v) is 3.94. The Morgan fingerprint density at radius 2 is 1.70 bits per heavy atom. The zero-order valence-electron chi connectivity index (χ0n) is 13.4. The third-order valence-electron chi connectivity index (χ3n) is 5.19. The summed E-state index contributed by atoms with van der Waals surface area (Å²) in [6.45, 7) is 5.77. The Hall–Kier alpha value is -1.51. The third kappa shape index (κ3) is 3.54. The smallest absolute Gasteiger partial charge is 0.0426 e. The van der Waals surface area contributed by atoms with Crippen molar-refractivity contribution in [3.63, 3.8) is 0 Å². The quantitative estimate of drug-likeness (QED) is 0.828. The Morgan fingerprint density at radius 3 is 2.43 bits per heavy atom. The van der Waals surface area contributed by atoms with E-state index in [2.05, 4.69) is 52.3 Å². The molecule has 120 valence electrons. The predicted octanol–water partition coefficient (Wildman–Crippen LogP) is 4.27. The monoisotopic (exact) mass is 326 g/mol. The second-order valence-corrected chi connectivity index (χ2v) is 7.22. The van der Waals surface area contributed by atoms with E-state index >= 15 is 0 Å². The highest BCUT2D eigenvalue weighted by atomic mass is 35.5. The number of hydrogen-bond acceptors (Lipinski definition) is 2. The van der Waals surface area contributed by atoms with Crippen molar-refractivity contribution in [2.24, 2.45) is 5.92 Å². The van der Waals surface area contributed by atoms with Gasteiger partial charge in [0.05, 0.1) is 0 Å². The minimum absolute atomic E-state index is 0.794. The SMILES string of the molecule is Clc1cccc(N2CCN(C[C@H]3C[C@@H]3c3ccccc3)CC2)c1. The summed E-state index contributed by atoms with van der Waals surface area (Å²) in [6.07, 6.45) is 1.36. The fraction of sp³-hybridized carbons (Fsp3) is 0.400. The first kappa shape index (κ1) is 15.0. The van der Waals surface area contributed by atoms with Crippen molar-refractivity contribution in [3.8, 4) is 0 Å². The van der Waals surface area contributed by atoms with E-state index in [1.807, 2.05) is 12.1 Å². The van der Waals surface area contributed by atoms with Crippen LogP contribution in [0.4, 0.5) is 5.69 Å². The van der Waals surface area contributed by atoms with E-state index in [9.17, 15) is 0 Å². The Labute approximate surface area is 143 Å². The number of rotatable bonds is 4. The van der Waals surface area contributed by atoms with Gasteiger partial charge in [-0.1, -0.05) is 48.0 Å². The summed E-state index contributed by atoms with van der Waals surface area (Å²) in [5.74, 6) is 1.65. The van der Waals surface area contributed by atoms with Crippen molar-refractivity contribution in [2.45, 2.75) is 12.3 Å². The molecule has 0 radical (unpaired) electrons. The average molecular weight is 327 g/mol. The summed E-state index contributed by atoms with van der Waals surface area (Å²) >= 11 is 6.11. The fourth-order valence-electron chi connectivity index (χ4n) is 3.75. The molecule has 0 amide bonds. The van der Waals surface area contributed by atoms with Crippen LogP contribution in [0.1, 0.15) is 17.9 Å². The van der Waals surface area contributed by atoms with Crippen molar-refractivity contribution < 1.29 is 0 Å². The summed E-state index contributed by atoms with van der Waals surface area (Å²) in [7, 11) is 0. The standard InChI is InChI=1S/C20H23ClN2/c21-18-7-4-8-19(14-18)23-11-9-22(10-12-23)15-17-13-20(17)16-5-2-1-3-6-16/h1-8,14,17,20H,9-13,15H2/t17-,20-/m1/s1. The number of anilines is 1. The van der Waals surface area contributed by atoms with Gasteiger partial charge in [-0.15, -0.1) is 0 Å². The zero-order valence-corrected chi connectivity index (χ0v) is 14.1. The van der Waals surface area contributed by atoms with E-state index in [1.54, 1.807) is 0 Å². The first-order valence-corrected chi connectivity index (χ1v) is 8.95. The molecule has 2 aromatic rings. The Kier molecular flexibility index (Phi) is 4.28. The molecule has 2 fully saturated rings. The molecule has 2 nitrogen and oxygen atoms in total. The van der Waals surface area contributed by atoms with Gasteiger partial charge in [-0.3, -0.25) is 4.90 Å². The van der Waals surface area contributed by atoms with Crippen LogP contribution in [0.15, 0.2) is 54.6 Å². The maximum atomic E-state index is 6.11. The van der Waals surface area contributed by atoms with Gasteiger partial charge in [0.1, 0.15) is 0 Å². The van der Waals surface area contributed by atoms with Crippen LogP contribution in [0.5, 0.6) is 0 Å². The van der Waals surface area contributed by atoms with Crippen LogP contribution in [-0.4, -0.2) is 37.6 Å². The van der Waals surface area contributed by atoms with Gasteiger partial charge < -0.3 is 4.90 Å². The molecule has 1 heterocycles. The zero-order chi connectivity index (χ0) is 15.6. The van der Waals surface area contributed by atoms with Gasteiger partial charge in [-0.05, 0) is 42.0 Å². The molecular formula is C20H23ClN2. The lowest BCUT2D eigenvalue weighted by Crippen LogP contribution is -2.47. The Balaban J connectivity index is 1.28. The van der Waals surface area contributed by atoms with Crippen molar-refractivity contribution in [1.29, 1.82) is 0 Å². The van der Waals surface area contributed by atoms with Crippen LogP contribution in [0.2, 0.25) is 5.02 Å². The molecule has 1 aliphatic carbocycles. The molecule has 0 aromatic heterocycles. The van der Waals surface area contributed by atoms with Crippen LogP contribution in [-0.2, 0) is 0 Å². The lowest BCUT2D eigenvalue weighted by Gasteiger charge is -2.36. The molecule has 0 bridgehead atoms. The van der Waals surface area contributed by atoms with Gasteiger partial charge in [0.25, 0.3) is 0 Å². The van der Waals surface area contributed by atoms with E-state index in [0.29, 0.717) is 0 Å². The highest BCUT2D eigenvalue weighted by Gasteiger charge is 2.39. The Morgan fingerprint density at radius 1 is 0.913 bits per heavy atom. The van der Waals surface area contributed by atoms with Crippen molar-refractivity contribution >= 4 is 17.3 Å². The van der Waals surface area contributed by atoms with E-state index in [0.717, 1.165) is 43.0 Å². The normalized spacial score (nSPS) is 24.7. The molecule has 0 unspecified atom stereocenters. The van der Waals surface area contributed by atoms with Crippen molar-refractivity contribution in [1.82, 2.24) is 4.90 Å². The van der Waals surface area contributed by atoms with Gasteiger partial charge in [0.2, 0.25) is 0 Å². The van der Waals surface area contributed by atoms with E-state index in [4.69, 9.17) is 11.6 Å². The highest BCUT2D eigenvalue weighted by Crippen LogP contribution is 2.47. The molecule has 1 saturated carbocycles. The molecule has 0 spiro atoms. The minimum atomic E-state index is 0.794. The number of halogens is 1. The largest absolute Gasteiger partial charge is 0.369 e. The second-order valence-electron chi connectivity index (χ2n) is 6.78. The van der Waals surface area contributed by atoms with Gasteiger partial charge in [0, 0.05) is 43.4 Å². The maximum absolute atomic E-state index is 6.11. The van der Waals surface area contributed by atoms with Crippen LogP contribution in [0.3, 0.4) is 0 Å². The average Bonchev–Trinajstić information content (AvgIpc) is 3.36. The topological polar surface area (TPSA) is 6.48 Å². The van der Waals surface area contributed by atoms with E-state index in [1.165, 1.54) is 24.2 Å². The predicted molar refractivity (Wildman–Crippen MR) is 97.4 cm³/mol. The van der Waals surface area contributed by atoms with Crippen LogP contribution in [0, 0.1) is 5.92 Å². The Bertz CT molecular complexity index is 650. The minimum Gasteiger partial charge on any atom is -0.369 e. The van der Waals surface area contributed by atoms with Crippen molar-refractivity contribution in [2.75, 3.05) is 37.6 Å². The molecule has 3 heteroatoms. The molecule has 23 heavy (non-hydrogen) atoms. The van der Waals surface area contributed by atoms with Gasteiger partial charge in [0.15, 0.2) is 0 Å². The number of benzene rings is 2. The molecule has 2 atom stereocenters. The molecule has 2 aromatic carbocycles. The lowest BCUT2D eigenvalue weighted by atomic mass is 10.1. The molecule has 1 aliphatic heterocycles. The molecule has 1 saturated heterocycles. The number of piperazine rings is 1. The first-order chi connectivity index (χ1) is 11.3. The molecule has 2 aliphatic rings. The maximum Gasteiger partial charge on any atom is 0.0426 e. The highest BCUT2D eigenvalue weighted by molar-refractivity contribution is 6.30. The van der Waals surface area contributed by atoms with Crippen LogP contribution in [0.25, 0.3) is 0 Å². The van der Waals surface area contributed by atoms with Gasteiger partial charge >= 0.3 is 0 Å². The third-order valence-corrected chi connectivity index (χ3v) is 5.42. The number of hydrogen-bond donors (Lipinski definition) is 0. The number of nitrogens with zero attached hydrogens (tertiary/aromatic N) is 2. The van der Waals surface area contributed by atoms with Gasteiger partial charge in [-0.2, -0.15) is 0 Å². The summed E-state index contributed by atoms with van der Waals surface area (Å²) in [4.78, 5) is 5.08. The second kappa shape index (κ2) is 6.54. The van der Waals surface area contributed by atoms with E-state index in [-0.39, 0.29) is 0 Å². The van der Waals surface area contributed by atoms with Crippen LogP contribution < -0.4 is 4.90 Å². The van der Waals surface area contributed by atoms with Crippen LogP contribution >= 0.6 is 11.6 Å². The van der Waals surface area contributed by atoms with Gasteiger partial charge in [-0.25, -0.2) is 0 Å².